The van der Waals surface area contributed by atoms with Gasteiger partial charge in [-0.1, -0.05) is 35.9 Å². The molecule has 130 valence electrons. The molecule has 0 saturated heterocycles. The molecule has 0 aliphatic carbocycles. The molecule has 1 N–H and O–H groups in total. The first kappa shape index (κ1) is 16.4. The normalized spacial score (nSPS) is 12.5. The number of carbonyl (C=O) groups excluding carboxylic acids is 1. The van der Waals surface area contributed by atoms with Crippen LogP contribution in [0.4, 0.5) is 5.13 Å². The van der Waals surface area contributed by atoms with E-state index in [0.29, 0.717) is 10.9 Å². The fourth-order valence-corrected chi connectivity index (χ4v) is 3.25. The molecule has 1 aromatic heterocycles. The van der Waals surface area contributed by atoms with Crippen LogP contribution in [-0.4, -0.2) is 17.7 Å². The molecule has 0 fully saturated rings. The molecule has 0 unspecified atom stereocenters. The van der Waals surface area contributed by atoms with Crippen molar-refractivity contribution in [3.63, 3.8) is 0 Å². The van der Waals surface area contributed by atoms with Gasteiger partial charge in [-0.05, 0) is 30.7 Å². The Hall–Kier alpha value is -3.12. The number of ether oxygens (including phenoxy) is 2. The monoisotopic (exact) mass is 364 g/mol. The van der Waals surface area contributed by atoms with Crippen LogP contribution in [0.1, 0.15) is 11.1 Å². The zero-order chi connectivity index (χ0) is 17.9. The summed E-state index contributed by atoms with van der Waals surface area (Å²) in [5.41, 5.74) is 3.95. The number of hydrogen-bond acceptors (Lipinski definition) is 5. The lowest BCUT2D eigenvalue weighted by Gasteiger charge is -1.99. The SMILES string of the molecule is Cc1ccc(-c2csc(NC(=O)/C=C/c3ccc4c(c3)OCO4)n2)cc1. The molecule has 26 heavy (non-hydrogen) atoms. The van der Waals surface area contributed by atoms with Crippen molar-refractivity contribution in [2.75, 3.05) is 12.1 Å². The number of nitrogens with one attached hydrogen (secondary N) is 1. The summed E-state index contributed by atoms with van der Waals surface area (Å²) < 4.78 is 10.6. The quantitative estimate of drug-likeness (QED) is 0.693. The van der Waals surface area contributed by atoms with Crippen molar-refractivity contribution < 1.29 is 14.3 Å². The van der Waals surface area contributed by atoms with E-state index < -0.39 is 0 Å². The first-order valence-corrected chi connectivity index (χ1v) is 8.97. The molecule has 4 rings (SSSR count). The second-order valence-electron chi connectivity index (χ2n) is 5.84. The standard InChI is InChI=1S/C20H16N2O3S/c1-13-2-6-15(7-3-13)16-11-26-20(21-16)22-19(23)9-5-14-4-8-17-18(10-14)25-12-24-17/h2-11H,12H2,1H3,(H,21,22,23)/b9-5+. The van der Waals surface area contributed by atoms with E-state index in [1.807, 2.05) is 54.8 Å². The third kappa shape index (κ3) is 3.60. The highest BCUT2D eigenvalue weighted by molar-refractivity contribution is 7.14. The number of aryl methyl sites for hydroxylation is 1. The molecule has 0 saturated carbocycles. The fraction of sp³-hybridized carbons (Fsp3) is 0.100. The first-order chi connectivity index (χ1) is 12.7. The summed E-state index contributed by atoms with van der Waals surface area (Å²) in [5.74, 6) is 1.18. The average Bonchev–Trinajstić information content (AvgIpc) is 3.29. The first-order valence-electron chi connectivity index (χ1n) is 8.09. The molecule has 2 aromatic carbocycles. The number of benzene rings is 2. The molecule has 0 spiro atoms. The lowest BCUT2D eigenvalue weighted by atomic mass is 10.1. The lowest BCUT2D eigenvalue weighted by Crippen LogP contribution is -2.07. The van der Waals surface area contributed by atoms with E-state index in [1.54, 1.807) is 6.08 Å². The molecule has 1 aliphatic rings. The van der Waals surface area contributed by atoms with Crippen LogP contribution in [0.2, 0.25) is 0 Å². The van der Waals surface area contributed by atoms with Crippen LogP contribution in [0.25, 0.3) is 17.3 Å². The molecule has 0 radical (unpaired) electrons. The highest BCUT2D eigenvalue weighted by atomic mass is 32.1. The van der Waals surface area contributed by atoms with Crippen molar-refractivity contribution in [1.29, 1.82) is 0 Å². The maximum Gasteiger partial charge on any atom is 0.250 e. The van der Waals surface area contributed by atoms with E-state index in [-0.39, 0.29) is 12.7 Å². The van der Waals surface area contributed by atoms with Crippen LogP contribution >= 0.6 is 11.3 Å². The Morgan fingerprint density at radius 3 is 2.81 bits per heavy atom. The molecule has 0 bridgehead atoms. The molecule has 5 nitrogen and oxygen atoms in total. The summed E-state index contributed by atoms with van der Waals surface area (Å²) >= 11 is 1.40. The van der Waals surface area contributed by atoms with Crippen molar-refractivity contribution in [2.45, 2.75) is 6.92 Å². The Labute approximate surface area is 154 Å². The van der Waals surface area contributed by atoms with E-state index in [4.69, 9.17) is 9.47 Å². The molecule has 6 heteroatoms. The van der Waals surface area contributed by atoms with Crippen molar-refractivity contribution in [2.24, 2.45) is 0 Å². The van der Waals surface area contributed by atoms with E-state index in [0.717, 1.165) is 22.6 Å². The Morgan fingerprint density at radius 2 is 1.96 bits per heavy atom. The van der Waals surface area contributed by atoms with Gasteiger partial charge in [-0.15, -0.1) is 11.3 Å². The number of rotatable bonds is 4. The maximum atomic E-state index is 12.1. The number of amides is 1. The summed E-state index contributed by atoms with van der Waals surface area (Å²) in [6.07, 6.45) is 3.20. The summed E-state index contributed by atoms with van der Waals surface area (Å²) in [6.45, 7) is 2.28. The lowest BCUT2D eigenvalue weighted by molar-refractivity contribution is -0.111. The van der Waals surface area contributed by atoms with Gasteiger partial charge < -0.3 is 9.47 Å². The van der Waals surface area contributed by atoms with Gasteiger partial charge >= 0.3 is 0 Å². The van der Waals surface area contributed by atoms with Crippen LogP contribution in [0.15, 0.2) is 53.9 Å². The van der Waals surface area contributed by atoms with Crippen LogP contribution in [0.5, 0.6) is 11.5 Å². The Kier molecular flexibility index (Phi) is 4.41. The maximum absolute atomic E-state index is 12.1. The minimum atomic E-state index is -0.229. The van der Waals surface area contributed by atoms with Crippen molar-refractivity contribution >= 4 is 28.5 Å². The smallest absolute Gasteiger partial charge is 0.250 e. The van der Waals surface area contributed by atoms with Gasteiger partial charge in [0.15, 0.2) is 16.6 Å². The number of aromatic nitrogens is 1. The number of anilines is 1. The summed E-state index contributed by atoms with van der Waals surface area (Å²) in [6, 6.07) is 13.7. The average molecular weight is 364 g/mol. The van der Waals surface area contributed by atoms with Gasteiger partial charge in [-0.25, -0.2) is 4.98 Å². The van der Waals surface area contributed by atoms with Crippen LogP contribution in [0, 0.1) is 6.92 Å². The fourth-order valence-electron chi connectivity index (χ4n) is 2.52. The number of nitrogens with zero attached hydrogens (tertiary/aromatic N) is 1. The molecular formula is C20H16N2O3S. The molecule has 2 heterocycles. The zero-order valence-corrected chi connectivity index (χ0v) is 14.9. The van der Waals surface area contributed by atoms with Gasteiger partial charge in [0.25, 0.3) is 0 Å². The van der Waals surface area contributed by atoms with Gasteiger partial charge in [0, 0.05) is 17.0 Å². The Bertz CT molecular complexity index is 977. The van der Waals surface area contributed by atoms with Crippen LogP contribution in [-0.2, 0) is 4.79 Å². The van der Waals surface area contributed by atoms with Gasteiger partial charge in [-0.2, -0.15) is 0 Å². The number of thiazole rings is 1. The van der Waals surface area contributed by atoms with E-state index >= 15 is 0 Å². The number of fused-ring (bicyclic) bond motifs is 1. The number of hydrogen-bond donors (Lipinski definition) is 1. The van der Waals surface area contributed by atoms with Gasteiger partial charge in [0.05, 0.1) is 5.69 Å². The molecule has 1 aliphatic heterocycles. The molecule has 1 amide bonds. The summed E-state index contributed by atoms with van der Waals surface area (Å²) in [7, 11) is 0. The van der Waals surface area contributed by atoms with Crippen molar-refractivity contribution in [3.05, 3.63) is 65.0 Å². The molecular weight excluding hydrogens is 348 g/mol. The van der Waals surface area contributed by atoms with Crippen LogP contribution < -0.4 is 14.8 Å². The van der Waals surface area contributed by atoms with E-state index in [2.05, 4.69) is 10.3 Å². The third-order valence-corrected chi connectivity index (χ3v) is 4.66. The molecule has 3 aromatic rings. The van der Waals surface area contributed by atoms with Crippen molar-refractivity contribution in [3.8, 4) is 22.8 Å². The highest BCUT2D eigenvalue weighted by Crippen LogP contribution is 2.32. The Morgan fingerprint density at radius 1 is 1.15 bits per heavy atom. The topological polar surface area (TPSA) is 60.5 Å². The van der Waals surface area contributed by atoms with Crippen molar-refractivity contribution in [1.82, 2.24) is 4.98 Å². The zero-order valence-electron chi connectivity index (χ0n) is 14.1. The predicted octanol–water partition coefficient (Wildman–Crippen LogP) is 4.50. The minimum absolute atomic E-state index is 0.229. The van der Waals surface area contributed by atoms with Gasteiger partial charge in [0.1, 0.15) is 0 Å². The van der Waals surface area contributed by atoms with Gasteiger partial charge in [0.2, 0.25) is 12.7 Å². The predicted molar refractivity (Wildman–Crippen MR) is 103 cm³/mol. The Balaban J connectivity index is 1.41. The molecule has 0 atom stereocenters. The largest absolute Gasteiger partial charge is 0.454 e. The van der Waals surface area contributed by atoms with Gasteiger partial charge in [-0.3, -0.25) is 10.1 Å². The van der Waals surface area contributed by atoms with E-state index in [1.165, 1.54) is 23.0 Å². The highest BCUT2D eigenvalue weighted by Gasteiger charge is 2.12. The minimum Gasteiger partial charge on any atom is -0.454 e. The van der Waals surface area contributed by atoms with Crippen LogP contribution in [0.3, 0.4) is 0 Å². The summed E-state index contributed by atoms with van der Waals surface area (Å²) in [5, 5.41) is 5.29. The second kappa shape index (κ2) is 7.01. The van der Waals surface area contributed by atoms with E-state index in [9.17, 15) is 4.79 Å². The third-order valence-electron chi connectivity index (χ3n) is 3.91. The second-order valence-corrected chi connectivity index (χ2v) is 6.70. The summed E-state index contributed by atoms with van der Waals surface area (Å²) in [4.78, 5) is 16.6. The number of carbonyl (C=O) groups is 1.